The molecule has 1 aromatic rings. The van der Waals surface area contributed by atoms with Gasteiger partial charge in [0.1, 0.15) is 5.00 Å². The quantitative estimate of drug-likeness (QED) is 0.614. The molecule has 0 spiro atoms. The molecular weight excluding hydrogens is 316 g/mol. The molecule has 0 aliphatic carbocycles. The van der Waals surface area contributed by atoms with Crippen molar-refractivity contribution in [2.45, 2.75) is 47.1 Å². The predicted molar refractivity (Wildman–Crippen MR) is 91.4 cm³/mol. The van der Waals surface area contributed by atoms with Gasteiger partial charge in [-0.25, -0.2) is 4.79 Å². The minimum Gasteiger partial charge on any atom is -0.462 e. The number of esters is 1. The number of hydrogen-bond acceptors (Lipinski definition) is 6. The lowest BCUT2D eigenvalue weighted by Gasteiger charge is -2.19. The molecule has 6 nitrogen and oxygen atoms in total. The second kappa shape index (κ2) is 7.70. The Balaban J connectivity index is 3.05. The molecule has 0 atom stereocenters. The summed E-state index contributed by atoms with van der Waals surface area (Å²) >= 11 is 1.10. The molecule has 2 N–H and O–H groups in total. The first-order valence-electron chi connectivity index (χ1n) is 7.43. The highest BCUT2D eigenvalue weighted by atomic mass is 32.1. The topological polar surface area (TPSA) is 84.5 Å². The van der Waals surface area contributed by atoms with E-state index >= 15 is 0 Å². The van der Waals surface area contributed by atoms with Crippen LogP contribution in [-0.2, 0) is 9.53 Å². The highest BCUT2D eigenvalue weighted by molar-refractivity contribution is 7.18. The second-order valence-electron chi connectivity index (χ2n) is 6.19. The average molecular weight is 340 g/mol. The third-order valence-electron chi connectivity index (χ3n) is 2.98. The minimum absolute atomic E-state index is 0.109. The van der Waals surface area contributed by atoms with Crippen LogP contribution in [0.1, 0.15) is 60.2 Å². The fourth-order valence-electron chi connectivity index (χ4n) is 1.90. The van der Waals surface area contributed by atoms with Crippen molar-refractivity contribution in [3.05, 3.63) is 16.0 Å². The number of hydrogen-bond donors (Lipinski definition) is 2. The Hall–Kier alpha value is -1.73. The Morgan fingerprint density at radius 1 is 1.22 bits per heavy atom. The first-order valence-corrected chi connectivity index (χ1v) is 8.24. The van der Waals surface area contributed by atoms with E-state index in [1.54, 1.807) is 13.8 Å². The van der Waals surface area contributed by atoms with Gasteiger partial charge in [0.2, 0.25) is 5.91 Å². The number of anilines is 1. The standard InChI is InChI=1S/C16H24N2O4S/c1-7-22-15(21)12-9(2)13(10(3)19)23-14(12)18-11(20)8-17-16(4,5)6/h17H,7-8H2,1-6H3,(H,18,20). The van der Waals surface area contributed by atoms with Gasteiger partial charge in [-0.3, -0.25) is 9.59 Å². The third-order valence-corrected chi connectivity index (χ3v) is 4.29. The molecule has 0 aromatic carbocycles. The van der Waals surface area contributed by atoms with E-state index in [2.05, 4.69) is 10.6 Å². The summed E-state index contributed by atoms with van der Waals surface area (Å²) in [7, 11) is 0. The highest BCUT2D eigenvalue weighted by Crippen LogP contribution is 2.34. The van der Waals surface area contributed by atoms with E-state index in [1.165, 1.54) is 6.92 Å². The summed E-state index contributed by atoms with van der Waals surface area (Å²) in [6.07, 6.45) is 0. The van der Waals surface area contributed by atoms with Crippen molar-refractivity contribution >= 4 is 34.0 Å². The van der Waals surface area contributed by atoms with Crippen molar-refractivity contribution in [3.8, 4) is 0 Å². The second-order valence-corrected chi connectivity index (χ2v) is 7.21. The van der Waals surface area contributed by atoms with Crippen LogP contribution >= 0.6 is 11.3 Å². The number of thiophene rings is 1. The number of amides is 1. The first-order chi connectivity index (χ1) is 10.6. The zero-order chi connectivity index (χ0) is 17.8. The van der Waals surface area contributed by atoms with Crippen LogP contribution in [0.5, 0.6) is 0 Å². The van der Waals surface area contributed by atoms with Crippen LogP contribution in [0, 0.1) is 6.92 Å². The smallest absolute Gasteiger partial charge is 0.341 e. The Kier molecular flexibility index (Phi) is 6.47. The van der Waals surface area contributed by atoms with E-state index in [0.29, 0.717) is 15.4 Å². The monoisotopic (exact) mass is 340 g/mol. The Labute approximate surface area is 140 Å². The molecule has 0 aliphatic heterocycles. The van der Waals surface area contributed by atoms with Crippen molar-refractivity contribution in [1.29, 1.82) is 0 Å². The first kappa shape index (κ1) is 19.3. The van der Waals surface area contributed by atoms with Crippen LogP contribution in [0.2, 0.25) is 0 Å². The molecule has 0 bridgehead atoms. The van der Waals surface area contributed by atoms with Gasteiger partial charge >= 0.3 is 5.97 Å². The van der Waals surface area contributed by atoms with Crippen molar-refractivity contribution < 1.29 is 19.1 Å². The van der Waals surface area contributed by atoms with Crippen LogP contribution in [0.3, 0.4) is 0 Å². The molecule has 0 unspecified atom stereocenters. The lowest BCUT2D eigenvalue weighted by atomic mass is 10.1. The number of carbonyl (C=O) groups excluding carboxylic acids is 3. The Bertz CT molecular complexity index is 614. The van der Waals surface area contributed by atoms with Crippen LogP contribution in [0.15, 0.2) is 0 Å². The molecule has 0 radical (unpaired) electrons. The van der Waals surface area contributed by atoms with Crippen molar-refractivity contribution in [2.75, 3.05) is 18.5 Å². The van der Waals surface area contributed by atoms with E-state index in [4.69, 9.17) is 4.74 Å². The zero-order valence-corrected chi connectivity index (χ0v) is 15.3. The summed E-state index contributed by atoms with van der Waals surface area (Å²) in [6, 6.07) is 0. The summed E-state index contributed by atoms with van der Waals surface area (Å²) in [6.45, 7) is 11.0. The molecule has 0 aliphatic rings. The minimum atomic E-state index is -0.534. The molecule has 128 valence electrons. The van der Waals surface area contributed by atoms with Gasteiger partial charge in [-0.15, -0.1) is 11.3 Å². The summed E-state index contributed by atoms with van der Waals surface area (Å²) in [5.41, 5.74) is 0.600. The fourth-order valence-corrected chi connectivity index (χ4v) is 3.01. The maximum Gasteiger partial charge on any atom is 0.341 e. The molecule has 23 heavy (non-hydrogen) atoms. The summed E-state index contributed by atoms with van der Waals surface area (Å²) in [5.74, 6) is -0.957. The summed E-state index contributed by atoms with van der Waals surface area (Å²) in [4.78, 5) is 36.3. The fraction of sp³-hybridized carbons (Fsp3) is 0.562. The summed E-state index contributed by atoms with van der Waals surface area (Å²) in [5, 5.41) is 6.13. The SMILES string of the molecule is CCOC(=O)c1c(NC(=O)CNC(C)(C)C)sc(C(C)=O)c1C. The molecule has 7 heteroatoms. The molecule has 1 rings (SSSR count). The molecule has 1 aromatic heterocycles. The normalized spacial score (nSPS) is 11.2. The van der Waals surface area contributed by atoms with Crippen LogP contribution in [-0.4, -0.2) is 36.4 Å². The van der Waals surface area contributed by atoms with E-state index < -0.39 is 5.97 Å². The molecule has 1 heterocycles. The molecule has 0 saturated heterocycles. The number of ketones is 1. The number of ether oxygens (including phenoxy) is 1. The third kappa shape index (κ3) is 5.44. The largest absolute Gasteiger partial charge is 0.462 e. The van der Waals surface area contributed by atoms with Crippen molar-refractivity contribution in [3.63, 3.8) is 0 Å². The highest BCUT2D eigenvalue weighted by Gasteiger charge is 2.25. The Morgan fingerprint density at radius 2 is 1.83 bits per heavy atom. The van der Waals surface area contributed by atoms with Gasteiger partial charge in [-0.2, -0.15) is 0 Å². The zero-order valence-electron chi connectivity index (χ0n) is 14.5. The maximum atomic E-state index is 12.1. The van der Waals surface area contributed by atoms with E-state index in [9.17, 15) is 14.4 Å². The van der Waals surface area contributed by atoms with Gasteiger partial charge in [0, 0.05) is 5.54 Å². The van der Waals surface area contributed by atoms with Gasteiger partial charge < -0.3 is 15.4 Å². The molecule has 0 fully saturated rings. The van der Waals surface area contributed by atoms with Gasteiger partial charge in [0.15, 0.2) is 5.78 Å². The number of rotatable bonds is 6. The number of Topliss-reactive ketones (excluding diaryl/α,β-unsaturated/α-hetero) is 1. The molecule has 0 saturated carbocycles. The van der Waals surface area contributed by atoms with E-state index in [1.807, 2.05) is 20.8 Å². The number of nitrogens with one attached hydrogen (secondary N) is 2. The summed E-state index contributed by atoms with van der Waals surface area (Å²) < 4.78 is 5.03. The van der Waals surface area contributed by atoms with Crippen molar-refractivity contribution in [2.24, 2.45) is 0 Å². The lowest BCUT2D eigenvalue weighted by Crippen LogP contribution is -2.41. The van der Waals surface area contributed by atoms with Gasteiger partial charge in [-0.1, -0.05) is 0 Å². The van der Waals surface area contributed by atoms with E-state index in [-0.39, 0.29) is 35.9 Å². The average Bonchev–Trinajstić information content (AvgIpc) is 2.73. The van der Waals surface area contributed by atoms with Crippen molar-refractivity contribution in [1.82, 2.24) is 5.32 Å². The van der Waals surface area contributed by atoms with E-state index in [0.717, 1.165) is 11.3 Å². The van der Waals surface area contributed by atoms with Crippen LogP contribution in [0.25, 0.3) is 0 Å². The lowest BCUT2D eigenvalue weighted by molar-refractivity contribution is -0.115. The maximum absolute atomic E-state index is 12.1. The van der Waals surface area contributed by atoms with Crippen LogP contribution in [0.4, 0.5) is 5.00 Å². The van der Waals surface area contributed by atoms with Gasteiger partial charge in [0.05, 0.1) is 23.6 Å². The van der Waals surface area contributed by atoms with Crippen LogP contribution < -0.4 is 10.6 Å². The predicted octanol–water partition coefficient (Wildman–Crippen LogP) is 2.76. The Morgan fingerprint density at radius 3 is 2.30 bits per heavy atom. The number of carbonyl (C=O) groups is 3. The van der Waals surface area contributed by atoms with Gasteiger partial charge in [-0.05, 0) is 47.1 Å². The molecular formula is C16H24N2O4S. The van der Waals surface area contributed by atoms with Gasteiger partial charge in [0.25, 0.3) is 0 Å². The molecule has 1 amide bonds.